The molecule has 0 saturated heterocycles. The lowest BCUT2D eigenvalue weighted by molar-refractivity contribution is 0.153. The van der Waals surface area contributed by atoms with Gasteiger partial charge in [0.2, 0.25) is 5.89 Å². The standard InChI is InChI=1S/C23H36N6O2/c1-15(2)10-13-22-27-21(28-31-22)14-19(29(4)25)23(24)18-11-12-20(16(3)26-18)30-17-8-6-5-7-9-17/h11-12,15,17H,5-10,13-14,24-25H2,1-4H3/b23-19-. The first-order valence-corrected chi connectivity index (χ1v) is 11.3. The molecular formula is C23H36N6O2. The van der Waals surface area contributed by atoms with Crippen molar-refractivity contribution in [3.05, 3.63) is 40.9 Å². The number of nitrogens with two attached hydrogens (primary N) is 2. The van der Waals surface area contributed by atoms with Crippen molar-refractivity contribution in [2.24, 2.45) is 17.5 Å². The molecule has 2 heterocycles. The van der Waals surface area contributed by atoms with Gasteiger partial charge in [0.1, 0.15) is 5.75 Å². The second-order valence-electron chi connectivity index (χ2n) is 8.84. The van der Waals surface area contributed by atoms with Crippen molar-refractivity contribution >= 4 is 5.70 Å². The maximum atomic E-state index is 6.46. The summed E-state index contributed by atoms with van der Waals surface area (Å²) in [6.45, 7) is 6.28. The van der Waals surface area contributed by atoms with E-state index in [-0.39, 0.29) is 6.10 Å². The molecule has 0 bridgehead atoms. The van der Waals surface area contributed by atoms with Crippen molar-refractivity contribution in [2.45, 2.75) is 78.2 Å². The van der Waals surface area contributed by atoms with Gasteiger partial charge in [-0.05, 0) is 57.1 Å². The third kappa shape index (κ3) is 6.43. The largest absolute Gasteiger partial charge is 0.489 e. The molecule has 31 heavy (non-hydrogen) atoms. The molecule has 1 aliphatic rings. The number of pyridine rings is 1. The smallest absolute Gasteiger partial charge is 0.226 e. The Balaban J connectivity index is 1.75. The summed E-state index contributed by atoms with van der Waals surface area (Å²) in [7, 11) is 1.75. The minimum atomic E-state index is 0.279. The Kier molecular flexibility index (Phi) is 7.90. The fraction of sp³-hybridized carbons (Fsp3) is 0.609. The second-order valence-corrected chi connectivity index (χ2v) is 8.84. The maximum absolute atomic E-state index is 6.46. The zero-order chi connectivity index (χ0) is 22.4. The van der Waals surface area contributed by atoms with E-state index in [0.29, 0.717) is 41.1 Å². The van der Waals surface area contributed by atoms with Crippen LogP contribution in [0.25, 0.3) is 5.70 Å². The molecular weight excluding hydrogens is 392 g/mol. The van der Waals surface area contributed by atoms with Gasteiger partial charge >= 0.3 is 0 Å². The molecule has 0 aliphatic heterocycles. The molecule has 1 aliphatic carbocycles. The lowest BCUT2D eigenvalue weighted by Crippen LogP contribution is -2.29. The minimum Gasteiger partial charge on any atom is -0.489 e. The molecule has 0 atom stereocenters. The highest BCUT2D eigenvalue weighted by Gasteiger charge is 2.19. The van der Waals surface area contributed by atoms with Gasteiger partial charge in [-0.15, -0.1) is 0 Å². The zero-order valence-corrected chi connectivity index (χ0v) is 19.2. The number of nitrogens with zero attached hydrogens (tertiary/aromatic N) is 4. The van der Waals surface area contributed by atoms with E-state index < -0.39 is 0 Å². The van der Waals surface area contributed by atoms with E-state index in [2.05, 4.69) is 29.0 Å². The van der Waals surface area contributed by atoms with Gasteiger partial charge in [0.05, 0.1) is 35.3 Å². The summed E-state index contributed by atoms with van der Waals surface area (Å²) in [5.74, 6) is 8.67. The number of hydrogen-bond acceptors (Lipinski definition) is 8. The Morgan fingerprint density at radius 2 is 1.97 bits per heavy atom. The van der Waals surface area contributed by atoms with Crippen LogP contribution in [0, 0.1) is 12.8 Å². The molecule has 2 aromatic heterocycles. The monoisotopic (exact) mass is 428 g/mol. The van der Waals surface area contributed by atoms with Gasteiger partial charge in [-0.25, -0.2) is 10.8 Å². The van der Waals surface area contributed by atoms with Crippen molar-refractivity contribution in [1.29, 1.82) is 0 Å². The van der Waals surface area contributed by atoms with Crippen LogP contribution in [-0.4, -0.2) is 33.3 Å². The molecule has 2 aromatic rings. The number of aromatic nitrogens is 3. The fourth-order valence-electron chi connectivity index (χ4n) is 3.77. The first-order chi connectivity index (χ1) is 14.8. The Labute approximate surface area is 185 Å². The van der Waals surface area contributed by atoms with Crippen LogP contribution >= 0.6 is 0 Å². The zero-order valence-electron chi connectivity index (χ0n) is 19.2. The fourth-order valence-corrected chi connectivity index (χ4v) is 3.77. The maximum Gasteiger partial charge on any atom is 0.226 e. The summed E-state index contributed by atoms with van der Waals surface area (Å²) in [5, 5.41) is 5.58. The molecule has 0 radical (unpaired) electrons. The molecule has 0 unspecified atom stereocenters. The van der Waals surface area contributed by atoms with Crippen molar-refractivity contribution in [3.8, 4) is 5.75 Å². The van der Waals surface area contributed by atoms with Crippen LogP contribution in [0.2, 0.25) is 0 Å². The quantitative estimate of drug-likeness (QED) is 0.458. The van der Waals surface area contributed by atoms with Crippen molar-refractivity contribution in [2.75, 3.05) is 7.05 Å². The molecule has 4 N–H and O–H groups in total. The predicted molar refractivity (Wildman–Crippen MR) is 121 cm³/mol. The van der Waals surface area contributed by atoms with Crippen LogP contribution in [0.5, 0.6) is 5.75 Å². The molecule has 8 heteroatoms. The summed E-state index contributed by atoms with van der Waals surface area (Å²) in [6, 6.07) is 3.83. The lowest BCUT2D eigenvalue weighted by Gasteiger charge is -2.24. The Bertz CT molecular complexity index is 884. The summed E-state index contributed by atoms with van der Waals surface area (Å²) in [4.78, 5) is 9.17. The number of aryl methyl sites for hydroxylation is 2. The van der Waals surface area contributed by atoms with E-state index in [9.17, 15) is 0 Å². The Hall–Kier alpha value is -2.61. The Morgan fingerprint density at radius 3 is 2.61 bits per heavy atom. The van der Waals surface area contributed by atoms with Crippen LogP contribution in [0.3, 0.4) is 0 Å². The average Bonchev–Trinajstić information content (AvgIpc) is 3.19. The number of hydrogen-bond donors (Lipinski definition) is 2. The third-order valence-electron chi connectivity index (χ3n) is 5.67. The summed E-state index contributed by atoms with van der Waals surface area (Å²) in [5.41, 5.74) is 9.12. The van der Waals surface area contributed by atoms with Crippen molar-refractivity contribution in [1.82, 2.24) is 20.1 Å². The highest BCUT2D eigenvalue weighted by atomic mass is 16.5. The molecule has 8 nitrogen and oxygen atoms in total. The number of likely N-dealkylation sites (N-methyl/N-ethyl adjacent to an activating group) is 1. The topological polar surface area (TPSA) is 116 Å². The summed E-state index contributed by atoms with van der Waals surface area (Å²) < 4.78 is 11.6. The lowest BCUT2D eigenvalue weighted by atomic mass is 9.98. The van der Waals surface area contributed by atoms with Crippen molar-refractivity contribution < 1.29 is 9.26 Å². The molecule has 0 spiro atoms. The van der Waals surface area contributed by atoms with Crippen molar-refractivity contribution in [3.63, 3.8) is 0 Å². The highest BCUT2D eigenvalue weighted by Crippen LogP contribution is 2.26. The number of rotatable bonds is 9. The van der Waals surface area contributed by atoms with Crippen LogP contribution < -0.4 is 16.3 Å². The molecule has 3 rings (SSSR count). The van der Waals surface area contributed by atoms with E-state index in [0.717, 1.165) is 37.1 Å². The second kappa shape index (κ2) is 10.6. The highest BCUT2D eigenvalue weighted by molar-refractivity contribution is 5.63. The van der Waals surface area contributed by atoms with Gasteiger partial charge in [-0.1, -0.05) is 25.4 Å². The number of hydrazine groups is 1. The van der Waals surface area contributed by atoms with Crippen LogP contribution in [0.4, 0.5) is 0 Å². The summed E-state index contributed by atoms with van der Waals surface area (Å²) in [6.07, 6.45) is 8.38. The first-order valence-electron chi connectivity index (χ1n) is 11.3. The van der Waals surface area contributed by atoms with Gasteiger partial charge in [0.15, 0.2) is 5.82 Å². The minimum absolute atomic E-state index is 0.279. The van der Waals surface area contributed by atoms with Crippen LogP contribution in [0.15, 0.2) is 22.4 Å². The van der Waals surface area contributed by atoms with Gasteiger partial charge < -0.3 is 20.0 Å². The molecule has 170 valence electrons. The third-order valence-corrected chi connectivity index (χ3v) is 5.67. The molecule has 1 fully saturated rings. The van der Waals surface area contributed by atoms with Gasteiger partial charge in [0, 0.05) is 13.5 Å². The predicted octanol–water partition coefficient (Wildman–Crippen LogP) is 3.75. The van der Waals surface area contributed by atoms with E-state index in [1.807, 2.05) is 19.1 Å². The SMILES string of the molecule is Cc1nc(/C(N)=C(\Cc2noc(CCC(C)C)n2)N(C)N)ccc1OC1CCCCC1. The summed E-state index contributed by atoms with van der Waals surface area (Å²) >= 11 is 0. The van der Waals surface area contributed by atoms with E-state index in [1.165, 1.54) is 24.3 Å². The van der Waals surface area contributed by atoms with Gasteiger partial charge in [-0.2, -0.15) is 4.98 Å². The number of allylic oxidation sites excluding steroid dienone is 1. The molecule has 1 saturated carbocycles. The number of ether oxygens (including phenoxy) is 1. The normalized spacial score (nSPS) is 15.8. The Morgan fingerprint density at radius 1 is 1.23 bits per heavy atom. The van der Waals surface area contributed by atoms with Gasteiger partial charge in [-0.3, -0.25) is 0 Å². The van der Waals surface area contributed by atoms with E-state index >= 15 is 0 Å². The van der Waals surface area contributed by atoms with E-state index in [4.69, 9.17) is 20.8 Å². The molecule has 0 amide bonds. The van der Waals surface area contributed by atoms with E-state index in [1.54, 1.807) is 7.05 Å². The molecule has 0 aromatic carbocycles. The first kappa shape index (κ1) is 23.1. The van der Waals surface area contributed by atoms with Crippen LogP contribution in [-0.2, 0) is 12.8 Å². The van der Waals surface area contributed by atoms with Crippen LogP contribution in [0.1, 0.15) is 75.5 Å². The average molecular weight is 429 g/mol. The van der Waals surface area contributed by atoms with Gasteiger partial charge in [0.25, 0.3) is 0 Å².